The predicted octanol–water partition coefficient (Wildman–Crippen LogP) is 1.24. The summed E-state index contributed by atoms with van der Waals surface area (Å²) < 4.78 is 0. The molecule has 21 heavy (non-hydrogen) atoms. The summed E-state index contributed by atoms with van der Waals surface area (Å²) in [5, 5.41) is 8.39. The third-order valence-electron chi connectivity index (χ3n) is 3.93. The average molecular weight is 286 g/mol. The molecule has 3 rings (SSSR count). The summed E-state index contributed by atoms with van der Waals surface area (Å²) in [6, 6.07) is 9.66. The second kappa shape index (κ2) is 6.74. The van der Waals surface area contributed by atoms with Crippen LogP contribution >= 0.6 is 0 Å². The Bertz CT molecular complexity index is 646. The molecule has 0 bridgehead atoms. The monoisotopic (exact) mass is 286 g/mol. The molecule has 1 aromatic carbocycles. The summed E-state index contributed by atoms with van der Waals surface area (Å²) in [6.45, 7) is 6.42. The Balaban J connectivity index is 1.54. The number of nitrogens with one attached hydrogen (secondary N) is 3. The van der Waals surface area contributed by atoms with Crippen LogP contribution in [-0.4, -0.2) is 49.2 Å². The first-order chi connectivity index (χ1) is 10.3. The normalized spacial score (nSPS) is 16.2. The Kier molecular flexibility index (Phi) is 4.52. The molecule has 2 heterocycles. The van der Waals surface area contributed by atoms with E-state index in [2.05, 4.69) is 20.5 Å². The SMILES string of the molecule is O=c1[nH]c(NCCCN2CCNCC2)cc2ccccc12. The van der Waals surface area contributed by atoms with Crippen LogP contribution in [0.3, 0.4) is 0 Å². The van der Waals surface area contributed by atoms with Crippen molar-refractivity contribution in [2.24, 2.45) is 0 Å². The van der Waals surface area contributed by atoms with Gasteiger partial charge < -0.3 is 20.5 Å². The zero-order chi connectivity index (χ0) is 14.5. The smallest absolute Gasteiger partial charge is 0.257 e. The van der Waals surface area contributed by atoms with Crippen molar-refractivity contribution in [2.45, 2.75) is 6.42 Å². The minimum Gasteiger partial charge on any atom is -0.371 e. The summed E-state index contributed by atoms with van der Waals surface area (Å²) in [4.78, 5) is 17.3. The molecule has 0 saturated carbocycles. The van der Waals surface area contributed by atoms with Gasteiger partial charge in [0.2, 0.25) is 0 Å². The number of piperazine rings is 1. The van der Waals surface area contributed by atoms with Crippen LogP contribution in [-0.2, 0) is 0 Å². The second-order valence-electron chi connectivity index (χ2n) is 5.47. The van der Waals surface area contributed by atoms with E-state index >= 15 is 0 Å². The van der Waals surface area contributed by atoms with Crippen molar-refractivity contribution in [1.82, 2.24) is 15.2 Å². The van der Waals surface area contributed by atoms with Gasteiger partial charge in [0.1, 0.15) is 5.82 Å². The van der Waals surface area contributed by atoms with Crippen LogP contribution in [0.25, 0.3) is 10.8 Å². The summed E-state index contributed by atoms with van der Waals surface area (Å²) in [5.74, 6) is 0.805. The summed E-state index contributed by atoms with van der Waals surface area (Å²) >= 11 is 0. The lowest BCUT2D eigenvalue weighted by atomic mass is 10.2. The molecule has 3 N–H and O–H groups in total. The van der Waals surface area contributed by atoms with E-state index in [1.54, 1.807) is 0 Å². The third-order valence-corrected chi connectivity index (χ3v) is 3.93. The van der Waals surface area contributed by atoms with Crippen LogP contribution in [0.1, 0.15) is 6.42 Å². The maximum absolute atomic E-state index is 12.0. The van der Waals surface area contributed by atoms with E-state index < -0.39 is 0 Å². The number of fused-ring (bicyclic) bond motifs is 1. The van der Waals surface area contributed by atoms with Gasteiger partial charge in [-0.1, -0.05) is 18.2 Å². The molecule has 1 aliphatic rings. The molecule has 112 valence electrons. The Labute approximate surface area is 124 Å². The van der Waals surface area contributed by atoms with Crippen LogP contribution in [0.5, 0.6) is 0 Å². The number of benzene rings is 1. The maximum atomic E-state index is 12.0. The fourth-order valence-corrected chi connectivity index (χ4v) is 2.77. The van der Waals surface area contributed by atoms with Crippen LogP contribution in [0.4, 0.5) is 5.82 Å². The highest BCUT2D eigenvalue weighted by Crippen LogP contribution is 2.12. The number of H-pyrrole nitrogens is 1. The van der Waals surface area contributed by atoms with E-state index in [1.165, 1.54) is 0 Å². The van der Waals surface area contributed by atoms with Gasteiger partial charge in [0.15, 0.2) is 0 Å². The molecule has 2 aromatic rings. The van der Waals surface area contributed by atoms with E-state index in [-0.39, 0.29) is 5.56 Å². The molecule has 0 amide bonds. The lowest BCUT2D eigenvalue weighted by molar-refractivity contribution is 0.240. The number of nitrogens with zero attached hydrogens (tertiary/aromatic N) is 1. The van der Waals surface area contributed by atoms with E-state index in [9.17, 15) is 4.79 Å². The van der Waals surface area contributed by atoms with Crippen molar-refractivity contribution in [3.8, 4) is 0 Å². The Morgan fingerprint density at radius 3 is 2.86 bits per heavy atom. The number of hydrogen-bond acceptors (Lipinski definition) is 4. The quantitative estimate of drug-likeness (QED) is 0.724. The van der Waals surface area contributed by atoms with Gasteiger partial charge in [0, 0.05) is 38.1 Å². The second-order valence-corrected chi connectivity index (χ2v) is 5.47. The fourth-order valence-electron chi connectivity index (χ4n) is 2.77. The molecule has 5 nitrogen and oxygen atoms in total. The lowest BCUT2D eigenvalue weighted by Gasteiger charge is -2.27. The van der Waals surface area contributed by atoms with E-state index in [0.29, 0.717) is 0 Å². The molecule has 1 fully saturated rings. The van der Waals surface area contributed by atoms with Gasteiger partial charge in [-0.3, -0.25) is 4.79 Å². The Morgan fingerprint density at radius 2 is 2.00 bits per heavy atom. The van der Waals surface area contributed by atoms with Gasteiger partial charge in [-0.15, -0.1) is 0 Å². The van der Waals surface area contributed by atoms with E-state index in [1.807, 2.05) is 30.3 Å². The van der Waals surface area contributed by atoms with Crippen LogP contribution < -0.4 is 16.2 Å². The predicted molar refractivity (Wildman–Crippen MR) is 87.0 cm³/mol. The van der Waals surface area contributed by atoms with Gasteiger partial charge in [-0.05, 0) is 30.5 Å². The highest BCUT2D eigenvalue weighted by molar-refractivity contribution is 5.83. The molecule has 1 saturated heterocycles. The first-order valence-corrected chi connectivity index (χ1v) is 7.62. The van der Waals surface area contributed by atoms with Crippen molar-refractivity contribution in [3.05, 3.63) is 40.7 Å². The first kappa shape index (κ1) is 14.1. The van der Waals surface area contributed by atoms with Gasteiger partial charge in [-0.25, -0.2) is 0 Å². The molecular weight excluding hydrogens is 264 g/mol. The van der Waals surface area contributed by atoms with Crippen molar-refractivity contribution in [3.63, 3.8) is 0 Å². The van der Waals surface area contributed by atoms with Crippen molar-refractivity contribution in [2.75, 3.05) is 44.6 Å². The molecule has 0 aliphatic carbocycles. The van der Waals surface area contributed by atoms with E-state index in [0.717, 1.165) is 62.3 Å². The minimum absolute atomic E-state index is 0.0299. The standard InChI is InChI=1S/C16H22N4O/c21-16-14-5-2-1-4-13(14)12-15(19-16)18-6-3-9-20-10-7-17-8-11-20/h1-2,4-5,12,17H,3,6-11H2,(H2,18,19,21). The number of anilines is 1. The van der Waals surface area contributed by atoms with Gasteiger partial charge >= 0.3 is 0 Å². The van der Waals surface area contributed by atoms with Crippen molar-refractivity contribution < 1.29 is 0 Å². The van der Waals surface area contributed by atoms with Crippen molar-refractivity contribution in [1.29, 1.82) is 0 Å². The Hall–Kier alpha value is -1.85. The maximum Gasteiger partial charge on any atom is 0.257 e. The van der Waals surface area contributed by atoms with Crippen LogP contribution in [0, 0.1) is 0 Å². The molecular formula is C16H22N4O. The number of hydrogen-bond donors (Lipinski definition) is 3. The molecule has 1 aliphatic heterocycles. The van der Waals surface area contributed by atoms with E-state index in [4.69, 9.17) is 0 Å². The largest absolute Gasteiger partial charge is 0.371 e. The number of pyridine rings is 1. The zero-order valence-corrected chi connectivity index (χ0v) is 12.2. The number of rotatable bonds is 5. The summed E-state index contributed by atoms with van der Waals surface area (Å²) in [6.07, 6.45) is 1.08. The van der Waals surface area contributed by atoms with Crippen LogP contribution in [0.15, 0.2) is 35.1 Å². The number of aromatic amines is 1. The van der Waals surface area contributed by atoms with Gasteiger partial charge in [0.05, 0.1) is 0 Å². The molecule has 0 unspecified atom stereocenters. The minimum atomic E-state index is -0.0299. The first-order valence-electron chi connectivity index (χ1n) is 7.62. The zero-order valence-electron chi connectivity index (χ0n) is 12.2. The molecule has 0 radical (unpaired) electrons. The number of aromatic nitrogens is 1. The lowest BCUT2D eigenvalue weighted by Crippen LogP contribution is -2.44. The van der Waals surface area contributed by atoms with Gasteiger partial charge in [0.25, 0.3) is 5.56 Å². The molecule has 0 atom stereocenters. The van der Waals surface area contributed by atoms with Crippen molar-refractivity contribution >= 4 is 16.6 Å². The highest BCUT2D eigenvalue weighted by atomic mass is 16.1. The summed E-state index contributed by atoms with van der Waals surface area (Å²) in [5.41, 5.74) is -0.0299. The molecule has 0 spiro atoms. The average Bonchev–Trinajstić information content (AvgIpc) is 2.53. The van der Waals surface area contributed by atoms with Crippen LogP contribution in [0.2, 0.25) is 0 Å². The third kappa shape index (κ3) is 3.62. The molecule has 1 aromatic heterocycles. The topological polar surface area (TPSA) is 60.2 Å². The Morgan fingerprint density at radius 1 is 1.19 bits per heavy atom. The summed E-state index contributed by atoms with van der Waals surface area (Å²) in [7, 11) is 0. The fraction of sp³-hybridized carbons (Fsp3) is 0.438. The molecule has 5 heteroatoms. The highest BCUT2D eigenvalue weighted by Gasteiger charge is 2.08. The van der Waals surface area contributed by atoms with Gasteiger partial charge in [-0.2, -0.15) is 0 Å².